The Kier molecular flexibility index (Phi) is 4.70. The van der Waals surface area contributed by atoms with Crippen molar-refractivity contribution in [2.24, 2.45) is 0 Å². The Hall–Kier alpha value is -3.78. The first-order valence-corrected chi connectivity index (χ1v) is 13.1. The van der Waals surface area contributed by atoms with E-state index in [-0.39, 0.29) is 11.5 Å². The highest BCUT2D eigenvalue weighted by Gasteiger charge is 2.37. The van der Waals surface area contributed by atoms with Gasteiger partial charge in [0.2, 0.25) is 0 Å². The van der Waals surface area contributed by atoms with E-state index < -0.39 is 0 Å². The predicted molar refractivity (Wildman–Crippen MR) is 149 cm³/mol. The van der Waals surface area contributed by atoms with Crippen molar-refractivity contribution in [1.82, 2.24) is 0 Å². The quantitative estimate of drug-likeness (QED) is 0.372. The number of anilines is 2. The molecule has 3 aromatic carbocycles. The van der Waals surface area contributed by atoms with E-state index in [9.17, 15) is 0 Å². The first kappa shape index (κ1) is 21.5. The molecular weight excluding hydrogens is 438 g/mol. The summed E-state index contributed by atoms with van der Waals surface area (Å²) in [6.45, 7) is 6.82. The molecule has 2 unspecified atom stereocenters. The molecule has 0 aromatic heterocycles. The fraction of sp³-hybridized carbons (Fsp3) is 0.235. The van der Waals surface area contributed by atoms with Gasteiger partial charge in [0.25, 0.3) is 0 Å². The lowest BCUT2D eigenvalue weighted by Crippen LogP contribution is -2.18. The average molecular weight is 470 g/mol. The molecule has 2 aliphatic carbocycles. The predicted octanol–water partition coefficient (Wildman–Crippen LogP) is 8.61. The highest BCUT2D eigenvalue weighted by molar-refractivity contribution is 5.83. The zero-order valence-corrected chi connectivity index (χ0v) is 21.2. The maximum absolute atomic E-state index is 6.21. The van der Waals surface area contributed by atoms with E-state index >= 15 is 0 Å². The third-order valence-corrected chi connectivity index (χ3v) is 8.05. The summed E-state index contributed by atoms with van der Waals surface area (Å²) in [6.07, 6.45) is 11.6. The molecule has 2 nitrogen and oxygen atoms in total. The number of ether oxygens (including phenoxy) is 1. The summed E-state index contributed by atoms with van der Waals surface area (Å²) in [5.74, 6) is 1.41. The van der Waals surface area contributed by atoms with Gasteiger partial charge >= 0.3 is 0 Å². The van der Waals surface area contributed by atoms with Crippen LogP contribution >= 0.6 is 0 Å². The molecule has 0 bridgehead atoms. The Balaban J connectivity index is 1.28. The lowest BCUT2D eigenvalue weighted by atomic mass is 9.84. The van der Waals surface area contributed by atoms with Gasteiger partial charge in [0.05, 0.1) is 0 Å². The first-order valence-electron chi connectivity index (χ1n) is 13.1. The SMILES string of the molecule is CC(C)(C)c1ccc(N2C3=CC(C4=CCC5Oc6ccccc6C5=C4)=CCC3c3ccccc32)cc1. The summed E-state index contributed by atoms with van der Waals surface area (Å²) in [5.41, 5.74) is 12.0. The average Bonchev–Trinajstić information content (AvgIpc) is 3.43. The van der Waals surface area contributed by atoms with Crippen LogP contribution in [0, 0.1) is 0 Å². The molecular formula is C34H31NO. The van der Waals surface area contributed by atoms with Crippen LogP contribution in [0.2, 0.25) is 0 Å². The number of hydrogen-bond donors (Lipinski definition) is 0. The second-order valence-electron chi connectivity index (χ2n) is 11.3. The Labute approximate surface area is 213 Å². The van der Waals surface area contributed by atoms with Gasteiger partial charge in [-0.2, -0.15) is 0 Å². The fourth-order valence-electron chi connectivity index (χ4n) is 6.12. The van der Waals surface area contributed by atoms with Crippen LogP contribution in [0.3, 0.4) is 0 Å². The maximum atomic E-state index is 6.21. The lowest BCUT2D eigenvalue weighted by molar-refractivity contribution is 0.278. The van der Waals surface area contributed by atoms with Crippen LogP contribution in [0.5, 0.6) is 5.75 Å². The number of hydrogen-bond acceptors (Lipinski definition) is 2. The Morgan fingerprint density at radius 3 is 2.33 bits per heavy atom. The number of para-hydroxylation sites is 2. The summed E-state index contributed by atoms with van der Waals surface area (Å²) < 4.78 is 6.21. The van der Waals surface area contributed by atoms with Crippen LogP contribution in [0.4, 0.5) is 11.4 Å². The minimum atomic E-state index is 0.143. The third kappa shape index (κ3) is 3.32. The molecule has 0 saturated carbocycles. The first-order chi connectivity index (χ1) is 17.5. The van der Waals surface area contributed by atoms with Gasteiger partial charge in [-0.05, 0) is 70.5 Å². The molecule has 2 aliphatic heterocycles. The van der Waals surface area contributed by atoms with Crippen LogP contribution in [-0.2, 0) is 5.41 Å². The number of rotatable bonds is 2. The van der Waals surface area contributed by atoms with Gasteiger partial charge in [-0.3, -0.25) is 0 Å². The normalized spacial score (nSPS) is 21.8. The standard InChI is InChI=1S/C34H31NO/c1-34(2,3)24-14-16-25(17-15-24)35-30-10-6-4-8-26(30)27-18-12-23(21-31(27)35)22-13-19-33-29(20-22)28-9-5-7-11-32(28)36-33/h4-17,20-21,27,33H,18-19H2,1-3H3. The Morgan fingerprint density at radius 1 is 0.778 bits per heavy atom. The van der Waals surface area contributed by atoms with Gasteiger partial charge in [0.15, 0.2) is 0 Å². The van der Waals surface area contributed by atoms with E-state index in [4.69, 9.17) is 4.74 Å². The summed E-state index contributed by atoms with van der Waals surface area (Å²) in [6, 6.07) is 26.5. The highest BCUT2D eigenvalue weighted by Crippen LogP contribution is 2.52. The third-order valence-electron chi connectivity index (χ3n) is 8.05. The lowest BCUT2D eigenvalue weighted by Gasteiger charge is -2.28. The van der Waals surface area contributed by atoms with E-state index in [0.717, 1.165) is 18.6 Å². The highest BCUT2D eigenvalue weighted by atomic mass is 16.5. The zero-order valence-electron chi connectivity index (χ0n) is 21.2. The second-order valence-corrected chi connectivity index (χ2v) is 11.3. The molecule has 0 saturated heterocycles. The van der Waals surface area contributed by atoms with Gasteiger partial charge in [-0.15, -0.1) is 0 Å². The number of benzene rings is 3. The van der Waals surface area contributed by atoms with Crippen molar-refractivity contribution < 1.29 is 4.74 Å². The van der Waals surface area contributed by atoms with Crippen LogP contribution in [0.15, 0.2) is 114 Å². The van der Waals surface area contributed by atoms with Crippen molar-refractivity contribution in [3.8, 4) is 5.75 Å². The minimum Gasteiger partial charge on any atom is -0.485 e. The monoisotopic (exact) mass is 469 g/mol. The van der Waals surface area contributed by atoms with Crippen molar-refractivity contribution in [3.63, 3.8) is 0 Å². The molecule has 0 radical (unpaired) electrons. The molecule has 7 rings (SSSR count). The van der Waals surface area contributed by atoms with Gasteiger partial charge in [0, 0.05) is 40.5 Å². The summed E-state index contributed by atoms with van der Waals surface area (Å²) in [5, 5.41) is 0. The molecule has 3 aromatic rings. The molecule has 36 heavy (non-hydrogen) atoms. The van der Waals surface area contributed by atoms with Gasteiger partial charge in [-0.25, -0.2) is 0 Å². The number of nitrogens with zero attached hydrogens (tertiary/aromatic N) is 1. The Morgan fingerprint density at radius 2 is 1.50 bits per heavy atom. The molecule has 2 heteroatoms. The van der Waals surface area contributed by atoms with Gasteiger partial charge in [-0.1, -0.05) is 81.5 Å². The largest absolute Gasteiger partial charge is 0.485 e. The summed E-state index contributed by atoms with van der Waals surface area (Å²) >= 11 is 0. The van der Waals surface area contributed by atoms with Crippen LogP contribution in [0.25, 0.3) is 5.57 Å². The molecule has 2 atom stereocenters. The smallest absolute Gasteiger partial charge is 0.128 e. The van der Waals surface area contributed by atoms with E-state index in [1.54, 1.807) is 0 Å². The van der Waals surface area contributed by atoms with Crippen molar-refractivity contribution in [2.45, 2.75) is 51.0 Å². The van der Waals surface area contributed by atoms with Crippen molar-refractivity contribution in [1.29, 1.82) is 0 Å². The summed E-state index contributed by atoms with van der Waals surface area (Å²) in [4.78, 5) is 2.48. The van der Waals surface area contributed by atoms with Gasteiger partial charge in [0.1, 0.15) is 11.9 Å². The second kappa shape index (κ2) is 7.86. The van der Waals surface area contributed by atoms with Gasteiger partial charge < -0.3 is 9.64 Å². The van der Waals surface area contributed by atoms with Crippen LogP contribution in [-0.4, -0.2) is 6.10 Å². The molecule has 0 amide bonds. The van der Waals surface area contributed by atoms with Crippen LogP contribution < -0.4 is 9.64 Å². The number of fused-ring (bicyclic) bond motifs is 6. The van der Waals surface area contributed by atoms with E-state index in [1.807, 2.05) is 0 Å². The van der Waals surface area contributed by atoms with E-state index in [1.165, 1.54) is 50.5 Å². The fourth-order valence-corrected chi connectivity index (χ4v) is 6.12. The van der Waals surface area contributed by atoms with Crippen molar-refractivity contribution >= 4 is 16.9 Å². The molecule has 0 fully saturated rings. The van der Waals surface area contributed by atoms with E-state index in [2.05, 4.69) is 123 Å². The maximum Gasteiger partial charge on any atom is 0.128 e. The minimum absolute atomic E-state index is 0.143. The molecule has 4 aliphatic rings. The van der Waals surface area contributed by atoms with Crippen molar-refractivity contribution in [3.05, 3.63) is 131 Å². The van der Waals surface area contributed by atoms with Crippen LogP contribution in [0.1, 0.15) is 56.2 Å². The topological polar surface area (TPSA) is 12.5 Å². The number of allylic oxidation sites excluding steroid dienone is 6. The zero-order chi connectivity index (χ0) is 24.4. The molecule has 2 heterocycles. The summed E-state index contributed by atoms with van der Waals surface area (Å²) in [7, 11) is 0. The Bertz CT molecular complexity index is 1490. The van der Waals surface area contributed by atoms with Crippen molar-refractivity contribution in [2.75, 3.05) is 4.90 Å². The molecule has 0 N–H and O–H groups in total. The molecule has 0 spiro atoms. The van der Waals surface area contributed by atoms with E-state index in [0.29, 0.717) is 5.92 Å². The molecule has 178 valence electrons.